The first kappa shape index (κ1) is 10.3. The molecule has 2 heteroatoms. The van der Waals surface area contributed by atoms with Gasteiger partial charge in [0.05, 0.1) is 6.61 Å². The molecule has 1 aromatic carbocycles. The molecule has 0 saturated heterocycles. The molecule has 2 rings (SSSR count). The van der Waals surface area contributed by atoms with E-state index in [1.165, 1.54) is 32.1 Å². The average molecular weight is 206 g/mol. The summed E-state index contributed by atoms with van der Waals surface area (Å²) in [6.07, 6.45) is 6.57. The second kappa shape index (κ2) is 5.06. The van der Waals surface area contributed by atoms with Crippen molar-refractivity contribution in [2.75, 3.05) is 6.61 Å². The predicted molar refractivity (Wildman–Crippen MR) is 60.2 cm³/mol. The molecule has 1 saturated carbocycles. The van der Waals surface area contributed by atoms with Crippen LogP contribution in [-0.2, 0) is 0 Å². The highest BCUT2D eigenvalue weighted by molar-refractivity contribution is 5.37. The standard InChI is InChI=1S/C13H18O2/c14-12-8-4-5-9-13(12)15-10-11-6-2-1-3-7-11/h4-5,8-9,11,14H,1-3,6-7,10H2. The molecule has 0 amide bonds. The van der Waals surface area contributed by atoms with Crippen LogP contribution in [0.5, 0.6) is 11.5 Å². The fraction of sp³-hybridized carbons (Fsp3) is 0.538. The first-order valence-electron chi connectivity index (χ1n) is 5.77. The average Bonchev–Trinajstić information content (AvgIpc) is 2.29. The van der Waals surface area contributed by atoms with Crippen molar-refractivity contribution >= 4 is 0 Å². The van der Waals surface area contributed by atoms with Crippen LogP contribution in [0.1, 0.15) is 32.1 Å². The van der Waals surface area contributed by atoms with Gasteiger partial charge in [0, 0.05) is 0 Å². The minimum absolute atomic E-state index is 0.244. The van der Waals surface area contributed by atoms with Crippen LogP contribution in [-0.4, -0.2) is 11.7 Å². The maximum atomic E-state index is 9.51. The second-order valence-electron chi connectivity index (χ2n) is 4.28. The Bertz CT molecular complexity index is 303. The lowest BCUT2D eigenvalue weighted by molar-refractivity contribution is 0.203. The number of phenolic OH excluding ortho intramolecular Hbond substituents is 1. The molecule has 0 aromatic heterocycles. The summed E-state index contributed by atoms with van der Waals surface area (Å²) in [5.74, 6) is 1.54. The van der Waals surface area contributed by atoms with E-state index in [4.69, 9.17) is 4.74 Å². The van der Waals surface area contributed by atoms with Crippen LogP contribution in [0.4, 0.5) is 0 Å². The predicted octanol–water partition coefficient (Wildman–Crippen LogP) is 3.35. The highest BCUT2D eigenvalue weighted by Crippen LogP contribution is 2.28. The van der Waals surface area contributed by atoms with Gasteiger partial charge in [-0.1, -0.05) is 31.4 Å². The number of ether oxygens (including phenoxy) is 1. The first-order valence-corrected chi connectivity index (χ1v) is 5.77. The summed E-state index contributed by atoms with van der Waals surface area (Å²) >= 11 is 0. The molecule has 1 N–H and O–H groups in total. The molecule has 2 nitrogen and oxygen atoms in total. The first-order chi connectivity index (χ1) is 7.36. The Labute approximate surface area is 90.9 Å². The second-order valence-corrected chi connectivity index (χ2v) is 4.28. The molecule has 0 radical (unpaired) electrons. The number of phenols is 1. The van der Waals surface area contributed by atoms with Gasteiger partial charge in [0.1, 0.15) is 0 Å². The number of rotatable bonds is 3. The molecule has 0 heterocycles. The van der Waals surface area contributed by atoms with Gasteiger partial charge in [-0.2, -0.15) is 0 Å². The van der Waals surface area contributed by atoms with Gasteiger partial charge in [0.15, 0.2) is 11.5 Å². The Kier molecular flexibility index (Phi) is 3.49. The van der Waals surface area contributed by atoms with E-state index >= 15 is 0 Å². The van der Waals surface area contributed by atoms with E-state index in [0.29, 0.717) is 11.7 Å². The minimum Gasteiger partial charge on any atom is -0.504 e. The SMILES string of the molecule is Oc1ccccc1OCC1CCCCC1. The number of benzene rings is 1. The number of para-hydroxylation sites is 2. The number of hydrogen-bond acceptors (Lipinski definition) is 2. The van der Waals surface area contributed by atoms with Crippen molar-refractivity contribution in [2.24, 2.45) is 5.92 Å². The van der Waals surface area contributed by atoms with Gasteiger partial charge in [-0.15, -0.1) is 0 Å². The Morgan fingerprint density at radius 3 is 2.60 bits per heavy atom. The zero-order chi connectivity index (χ0) is 10.5. The van der Waals surface area contributed by atoms with Gasteiger partial charge in [-0.3, -0.25) is 0 Å². The Morgan fingerprint density at radius 2 is 1.87 bits per heavy atom. The molecule has 0 unspecified atom stereocenters. The van der Waals surface area contributed by atoms with E-state index < -0.39 is 0 Å². The molecule has 0 bridgehead atoms. The van der Waals surface area contributed by atoms with Crippen LogP contribution < -0.4 is 4.74 Å². The zero-order valence-corrected chi connectivity index (χ0v) is 8.98. The van der Waals surface area contributed by atoms with Crippen molar-refractivity contribution in [3.8, 4) is 11.5 Å². The van der Waals surface area contributed by atoms with Crippen molar-refractivity contribution in [1.82, 2.24) is 0 Å². The third kappa shape index (κ3) is 2.88. The normalized spacial score (nSPS) is 17.6. The monoisotopic (exact) mass is 206 g/mol. The molecular weight excluding hydrogens is 188 g/mol. The van der Waals surface area contributed by atoms with E-state index in [2.05, 4.69) is 0 Å². The van der Waals surface area contributed by atoms with Crippen molar-refractivity contribution in [3.63, 3.8) is 0 Å². The molecule has 1 aromatic rings. The Balaban J connectivity index is 1.84. The van der Waals surface area contributed by atoms with E-state index in [9.17, 15) is 5.11 Å². The highest BCUT2D eigenvalue weighted by atomic mass is 16.5. The van der Waals surface area contributed by atoms with Crippen LogP contribution in [0.25, 0.3) is 0 Å². The molecule has 15 heavy (non-hydrogen) atoms. The van der Waals surface area contributed by atoms with Crippen LogP contribution >= 0.6 is 0 Å². The maximum Gasteiger partial charge on any atom is 0.160 e. The quantitative estimate of drug-likeness (QED) is 0.821. The molecule has 82 valence electrons. The van der Waals surface area contributed by atoms with E-state index in [1.807, 2.05) is 18.2 Å². The van der Waals surface area contributed by atoms with Gasteiger partial charge in [-0.25, -0.2) is 0 Å². The van der Waals surface area contributed by atoms with Gasteiger partial charge >= 0.3 is 0 Å². The summed E-state index contributed by atoms with van der Waals surface area (Å²) in [7, 11) is 0. The number of aromatic hydroxyl groups is 1. The smallest absolute Gasteiger partial charge is 0.160 e. The fourth-order valence-corrected chi connectivity index (χ4v) is 2.14. The zero-order valence-electron chi connectivity index (χ0n) is 8.98. The van der Waals surface area contributed by atoms with Gasteiger partial charge in [-0.05, 0) is 30.9 Å². The molecular formula is C13H18O2. The van der Waals surface area contributed by atoms with Crippen molar-refractivity contribution in [3.05, 3.63) is 24.3 Å². The van der Waals surface area contributed by atoms with Crippen LogP contribution in [0.2, 0.25) is 0 Å². The van der Waals surface area contributed by atoms with Crippen LogP contribution in [0.15, 0.2) is 24.3 Å². The third-order valence-electron chi connectivity index (χ3n) is 3.06. The van der Waals surface area contributed by atoms with E-state index in [-0.39, 0.29) is 5.75 Å². The van der Waals surface area contributed by atoms with Crippen LogP contribution in [0.3, 0.4) is 0 Å². The van der Waals surface area contributed by atoms with E-state index in [0.717, 1.165) is 6.61 Å². The molecule has 1 aliphatic rings. The molecule has 1 fully saturated rings. The minimum atomic E-state index is 0.244. The van der Waals surface area contributed by atoms with Gasteiger partial charge in [0.25, 0.3) is 0 Å². The highest BCUT2D eigenvalue weighted by Gasteiger charge is 2.14. The summed E-state index contributed by atoms with van der Waals surface area (Å²) in [5.41, 5.74) is 0. The largest absolute Gasteiger partial charge is 0.504 e. The molecule has 0 aliphatic heterocycles. The van der Waals surface area contributed by atoms with E-state index in [1.54, 1.807) is 6.07 Å². The van der Waals surface area contributed by atoms with Crippen molar-refractivity contribution in [1.29, 1.82) is 0 Å². The summed E-state index contributed by atoms with van der Waals surface area (Å²) < 4.78 is 5.63. The Morgan fingerprint density at radius 1 is 1.13 bits per heavy atom. The summed E-state index contributed by atoms with van der Waals surface area (Å²) in [6, 6.07) is 7.17. The van der Waals surface area contributed by atoms with Crippen molar-refractivity contribution < 1.29 is 9.84 Å². The fourth-order valence-electron chi connectivity index (χ4n) is 2.14. The lowest BCUT2D eigenvalue weighted by Crippen LogP contribution is -2.15. The van der Waals surface area contributed by atoms with Gasteiger partial charge in [0.2, 0.25) is 0 Å². The molecule has 1 aliphatic carbocycles. The topological polar surface area (TPSA) is 29.5 Å². The molecule has 0 atom stereocenters. The van der Waals surface area contributed by atoms with Crippen molar-refractivity contribution in [2.45, 2.75) is 32.1 Å². The summed E-state index contributed by atoms with van der Waals surface area (Å²) in [4.78, 5) is 0. The summed E-state index contributed by atoms with van der Waals surface area (Å²) in [5, 5.41) is 9.51. The summed E-state index contributed by atoms with van der Waals surface area (Å²) in [6.45, 7) is 0.748. The lowest BCUT2D eigenvalue weighted by Gasteiger charge is -2.21. The third-order valence-corrected chi connectivity index (χ3v) is 3.06. The number of hydrogen-bond donors (Lipinski definition) is 1. The molecule has 0 spiro atoms. The lowest BCUT2D eigenvalue weighted by atomic mass is 9.90. The Hall–Kier alpha value is -1.18. The van der Waals surface area contributed by atoms with Crippen LogP contribution in [0, 0.1) is 5.92 Å². The van der Waals surface area contributed by atoms with Gasteiger partial charge < -0.3 is 9.84 Å². The maximum absolute atomic E-state index is 9.51.